The maximum atomic E-state index is 4.96. The summed E-state index contributed by atoms with van der Waals surface area (Å²) in [4.78, 5) is 22.1. The first-order valence-electron chi connectivity index (χ1n) is 13.4. The number of H-pyrrole nitrogens is 1. The summed E-state index contributed by atoms with van der Waals surface area (Å²) in [5.74, 6) is 2.00. The van der Waals surface area contributed by atoms with Crippen molar-refractivity contribution in [1.29, 1.82) is 0 Å². The zero-order valence-corrected chi connectivity index (χ0v) is 22.2. The number of unbranched alkanes of at least 4 members (excludes halogenated alkanes) is 1. The quantitative estimate of drug-likeness (QED) is 0.229. The fraction of sp³-hybridized carbons (Fsp3) is 0.483. The van der Waals surface area contributed by atoms with Gasteiger partial charge in [0, 0.05) is 49.5 Å². The number of hydrogen-bond acceptors (Lipinski definition) is 5. The molecule has 7 nitrogen and oxygen atoms in total. The van der Waals surface area contributed by atoms with Crippen LogP contribution in [0.3, 0.4) is 0 Å². The number of aromatic nitrogens is 5. The highest BCUT2D eigenvalue weighted by atomic mass is 15.2. The maximum absolute atomic E-state index is 4.96. The van der Waals surface area contributed by atoms with Gasteiger partial charge in [0.05, 0.1) is 18.6 Å². The Labute approximate surface area is 215 Å². The summed E-state index contributed by atoms with van der Waals surface area (Å²) in [6.45, 7) is 10.5. The molecule has 36 heavy (non-hydrogen) atoms. The van der Waals surface area contributed by atoms with E-state index in [2.05, 4.69) is 73.5 Å². The number of fused-ring (bicyclic) bond motifs is 1. The average Bonchev–Trinajstić information content (AvgIpc) is 3.54. The molecule has 0 aliphatic carbocycles. The average molecular weight is 488 g/mol. The Bertz CT molecular complexity index is 1180. The van der Waals surface area contributed by atoms with Gasteiger partial charge in [0.15, 0.2) is 0 Å². The second kappa shape index (κ2) is 13.3. The topological polar surface area (TPSA) is 65.9 Å². The number of rotatable bonds is 15. The normalized spacial score (nSPS) is 11.8. The summed E-state index contributed by atoms with van der Waals surface area (Å²) >= 11 is 0. The van der Waals surface area contributed by atoms with Gasteiger partial charge in [-0.15, -0.1) is 0 Å². The van der Waals surface area contributed by atoms with Crippen LogP contribution in [0.5, 0.6) is 0 Å². The molecule has 192 valence electrons. The van der Waals surface area contributed by atoms with E-state index in [1.807, 2.05) is 25.6 Å². The molecule has 0 fully saturated rings. The van der Waals surface area contributed by atoms with Gasteiger partial charge >= 0.3 is 0 Å². The molecule has 4 aromatic rings. The monoisotopic (exact) mass is 487 g/mol. The Morgan fingerprint density at radius 1 is 0.861 bits per heavy atom. The van der Waals surface area contributed by atoms with Crippen molar-refractivity contribution in [3.63, 3.8) is 0 Å². The van der Waals surface area contributed by atoms with Crippen molar-refractivity contribution in [2.45, 2.75) is 65.6 Å². The van der Waals surface area contributed by atoms with E-state index in [4.69, 9.17) is 4.98 Å². The highest BCUT2D eigenvalue weighted by Crippen LogP contribution is 2.19. The smallest absolute Gasteiger partial charge is 0.122 e. The molecule has 1 aromatic carbocycles. The van der Waals surface area contributed by atoms with Crippen molar-refractivity contribution < 1.29 is 0 Å². The third-order valence-corrected chi connectivity index (χ3v) is 6.67. The van der Waals surface area contributed by atoms with Crippen LogP contribution in [0.25, 0.3) is 10.9 Å². The van der Waals surface area contributed by atoms with Crippen molar-refractivity contribution in [2.75, 3.05) is 19.6 Å². The number of imidazole rings is 2. The van der Waals surface area contributed by atoms with Crippen LogP contribution in [-0.2, 0) is 33.1 Å². The van der Waals surface area contributed by atoms with E-state index in [-0.39, 0.29) is 0 Å². The standard InChI is InChI=1S/C29H41N7/c1-4-16-35(17-5-2)18-7-6-8-26-11-10-25-20-24(9-12-27(25)33-26)21-36(22-28-30-13-14-31-28)23-29-32-15-19-34(29)3/h9-15,19-20H,4-8,16-18,21-23H2,1-3H3,(H,30,31). The Kier molecular flexibility index (Phi) is 9.64. The highest BCUT2D eigenvalue weighted by molar-refractivity contribution is 5.79. The summed E-state index contributed by atoms with van der Waals surface area (Å²) < 4.78 is 2.08. The molecule has 1 N–H and O–H groups in total. The molecular weight excluding hydrogens is 446 g/mol. The second-order valence-corrected chi connectivity index (χ2v) is 9.76. The van der Waals surface area contributed by atoms with E-state index >= 15 is 0 Å². The first-order chi connectivity index (χ1) is 17.6. The van der Waals surface area contributed by atoms with Gasteiger partial charge in [-0.2, -0.15) is 0 Å². The SMILES string of the molecule is CCCN(CCC)CCCCc1ccc2cc(CN(Cc3ncc[nH]3)Cc3nccn3C)ccc2n1. The number of aryl methyl sites for hydroxylation is 2. The van der Waals surface area contributed by atoms with Gasteiger partial charge in [-0.1, -0.05) is 26.0 Å². The molecule has 0 spiro atoms. The van der Waals surface area contributed by atoms with Crippen LogP contribution in [0, 0.1) is 0 Å². The predicted octanol–water partition coefficient (Wildman–Crippen LogP) is 5.34. The Hall–Kier alpha value is -3.03. The summed E-state index contributed by atoms with van der Waals surface area (Å²) in [6.07, 6.45) is 13.5. The molecule has 0 saturated heterocycles. The molecular formula is C29H41N7. The Balaban J connectivity index is 1.37. The van der Waals surface area contributed by atoms with Gasteiger partial charge in [-0.25, -0.2) is 9.97 Å². The second-order valence-electron chi connectivity index (χ2n) is 9.76. The van der Waals surface area contributed by atoms with E-state index in [0.29, 0.717) is 0 Å². The number of nitrogens with zero attached hydrogens (tertiary/aromatic N) is 6. The fourth-order valence-electron chi connectivity index (χ4n) is 4.84. The molecule has 0 saturated carbocycles. The minimum absolute atomic E-state index is 0.739. The van der Waals surface area contributed by atoms with E-state index in [9.17, 15) is 0 Å². The first kappa shape index (κ1) is 26.0. The predicted molar refractivity (Wildman–Crippen MR) is 146 cm³/mol. The van der Waals surface area contributed by atoms with Gasteiger partial charge in [0.2, 0.25) is 0 Å². The summed E-state index contributed by atoms with van der Waals surface area (Å²) in [7, 11) is 2.04. The lowest BCUT2D eigenvalue weighted by Gasteiger charge is -2.21. The van der Waals surface area contributed by atoms with Crippen LogP contribution in [0.4, 0.5) is 0 Å². The Morgan fingerprint density at radius 3 is 2.44 bits per heavy atom. The number of pyridine rings is 1. The maximum Gasteiger partial charge on any atom is 0.122 e. The lowest BCUT2D eigenvalue weighted by Crippen LogP contribution is -2.26. The molecule has 0 atom stereocenters. The molecule has 0 aliphatic rings. The van der Waals surface area contributed by atoms with Gasteiger partial charge < -0.3 is 14.5 Å². The first-order valence-corrected chi connectivity index (χ1v) is 13.4. The van der Waals surface area contributed by atoms with E-state index < -0.39 is 0 Å². The minimum atomic E-state index is 0.739. The van der Waals surface area contributed by atoms with Gasteiger partial charge in [-0.05, 0) is 75.5 Å². The third kappa shape index (κ3) is 7.48. The zero-order chi connectivity index (χ0) is 25.2. The molecule has 0 amide bonds. The lowest BCUT2D eigenvalue weighted by atomic mass is 10.1. The van der Waals surface area contributed by atoms with Gasteiger partial charge in [0.1, 0.15) is 11.6 Å². The highest BCUT2D eigenvalue weighted by Gasteiger charge is 2.13. The van der Waals surface area contributed by atoms with Crippen LogP contribution in [0.2, 0.25) is 0 Å². The van der Waals surface area contributed by atoms with Crippen molar-refractivity contribution in [1.82, 2.24) is 34.3 Å². The van der Waals surface area contributed by atoms with Gasteiger partial charge in [-0.3, -0.25) is 9.88 Å². The number of aromatic amines is 1. The molecule has 7 heteroatoms. The number of benzene rings is 1. The van der Waals surface area contributed by atoms with Crippen LogP contribution < -0.4 is 0 Å². The van der Waals surface area contributed by atoms with E-state index in [0.717, 1.165) is 43.2 Å². The van der Waals surface area contributed by atoms with Crippen LogP contribution >= 0.6 is 0 Å². The molecule has 0 bridgehead atoms. The molecule has 0 radical (unpaired) electrons. The van der Waals surface area contributed by atoms with Crippen molar-refractivity contribution >= 4 is 10.9 Å². The Morgan fingerprint density at radius 2 is 1.72 bits per heavy atom. The van der Waals surface area contributed by atoms with E-state index in [1.165, 1.54) is 62.0 Å². The number of hydrogen-bond donors (Lipinski definition) is 1. The largest absolute Gasteiger partial charge is 0.348 e. The van der Waals surface area contributed by atoms with Crippen molar-refractivity contribution in [3.05, 3.63) is 78.0 Å². The molecule has 0 aliphatic heterocycles. The summed E-state index contributed by atoms with van der Waals surface area (Å²) in [5.41, 5.74) is 3.54. The molecule has 3 aromatic heterocycles. The van der Waals surface area contributed by atoms with Gasteiger partial charge in [0.25, 0.3) is 0 Å². The minimum Gasteiger partial charge on any atom is -0.348 e. The molecule has 0 unspecified atom stereocenters. The summed E-state index contributed by atoms with van der Waals surface area (Å²) in [6, 6.07) is 11.1. The lowest BCUT2D eigenvalue weighted by molar-refractivity contribution is 0.233. The number of nitrogens with one attached hydrogen (secondary N) is 1. The summed E-state index contributed by atoms with van der Waals surface area (Å²) in [5, 5.41) is 1.20. The fourth-order valence-corrected chi connectivity index (χ4v) is 4.84. The van der Waals surface area contributed by atoms with Crippen molar-refractivity contribution in [3.8, 4) is 0 Å². The van der Waals surface area contributed by atoms with Crippen LogP contribution in [0.15, 0.2) is 55.1 Å². The zero-order valence-electron chi connectivity index (χ0n) is 22.2. The van der Waals surface area contributed by atoms with E-state index in [1.54, 1.807) is 6.20 Å². The van der Waals surface area contributed by atoms with Crippen LogP contribution in [0.1, 0.15) is 62.4 Å². The van der Waals surface area contributed by atoms with Crippen molar-refractivity contribution in [2.24, 2.45) is 7.05 Å². The molecule has 4 rings (SSSR count). The third-order valence-electron chi connectivity index (χ3n) is 6.67. The van der Waals surface area contributed by atoms with Crippen LogP contribution in [-0.4, -0.2) is 53.9 Å². The molecule has 3 heterocycles.